The van der Waals surface area contributed by atoms with Crippen LogP contribution in [0.25, 0.3) is 0 Å². The maximum atomic E-state index is 12.6. The Balaban J connectivity index is 1.85. The molecule has 3 rings (SSSR count). The van der Waals surface area contributed by atoms with Crippen molar-refractivity contribution in [1.82, 2.24) is 10.2 Å². The van der Waals surface area contributed by atoms with Gasteiger partial charge < -0.3 is 10.5 Å². The normalized spacial score (nSPS) is 19.1. The molecule has 6 nitrogen and oxygen atoms in total. The van der Waals surface area contributed by atoms with E-state index in [1.807, 2.05) is 65.6 Å². The van der Waals surface area contributed by atoms with E-state index < -0.39 is 18.0 Å². The third kappa shape index (κ3) is 4.23. The first-order chi connectivity index (χ1) is 12.1. The lowest BCUT2D eigenvalue weighted by atomic mass is 10.0. The van der Waals surface area contributed by atoms with Crippen molar-refractivity contribution in [2.24, 2.45) is 5.73 Å². The maximum absolute atomic E-state index is 12.6. The molecule has 3 N–H and O–H groups in total. The van der Waals surface area contributed by atoms with E-state index >= 15 is 0 Å². The zero-order valence-electron chi connectivity index (χ0n) is 13.8. The quantitative estimate of drug-likeness (QED) is 0.892. The van der Waals surface area contributed by atoms with Crippen molar-refractivity contribution in [1.29, 1.82) is 0 Å². The van der Waals surface area contributed by atoms with Crippen molar-refractivity contribution < 1.29 is 14.3 Å². The molecule has 1 aliphatic heterocycles. The van der Waals surface area contributed by atoms with E-state index in [9.17, 15) is 9.59 Å². The number of ether oxygens (including phenoxy) is 1. The summed E-state index contributed by atoms with van der Waals surface area (Å²) in [5, 5.41) is 2.21. The summed E-state index contributed by atoms with van der Waals surface area (Å²) >= 11 is 0. The van der Waals surface area contributed by atoms with Gasteiger partial charge in [-0.25, -0.2) is 4.79 Å². The van der Waals surface area contributed by atoms with Crippen molar-refractivity contribution in [3.8, 4) is 0 Å². The van der Waals surface area contributed by atoms with Gasteiger partial charge in [0.25, 0.3) is 0 Å². The zero-order chi connectivity index (χ0) is 17.6. The van der Waals surface area contributed by atoms with Crippen LogP contribution < -0.4 is 11.1 Å². The number of nitrogens with one attached hydrogen (secondary N) is 1. The number of benzene rings is 2. The van der Waals surface area contributed by atoms with Gasteiger partial charge in [-0.15, -0.1) is 0 Å². The molecule has 0 aliphatic carbocycles. The third-order valence-electron chi connectivity index (χ3n) is 4.24. The molecule has 0 unspecified atom stereocenters. The number of rotatable bonds is 4. The molecule has 2 aromatic carbocycles. The van der Waals surface area contributed by atoms with Crippen molar-refractivity contribution in [3.05, 3.63) is 71.8 Å². The molecule has 130 valence electrons. The van der Waals surface area contributed by atoms with E-state index in [2.05, 4.69) is 5.32 Å². The minimum Gasteiger partial charge on any atom is -0.371 e. The summed E-state index contributed by atoms with van der Waals surface area (Å²) in [6, 6.07) is 17.8. The molecule has 0 aromatic heterocycles. The predicted molar refractivity (Wildman–Crippen MR) is 93.6 cm³/mol. The fourth-order valence-corrected chi connectivity index (χ4v) is 3.13. The average molecular weight is 339 g/mol. The molecule has 25 heavy (non-hydrogen) atoms. The molecule has 2 aromatic rings. The summed E-state index contributed by atoms with van der Waals surface area (Å²) in [5.74, 6) is -0.424. The summed E-state index contributed by atoms with van der Waals surface area (Å²) in [6.45, 7) is 1.65. The average Bonchev–Trinajstić information content (AvgIpc) is 2.63. The standard InChI is InChI=1S/C19H21N3O3/c20-19(24)21-18(23)17(15-9-5-2-6-10-15)22-11-12-25-16(13-22)14-7-3-1-4-8-14/h1-10,16-17H,11-13H2,(H3,20,21,23,24)/t16-,17-/m1/s1. The molecule has 6 heteroatoms. The number of carbonyl (C=O) groups excluding carboxylic acids is 2. The molecular weight excluding hydrogens is 318 g/mol. The number of nitrogens with two attached hydrogens (primary N) is 1. The number of imide groups is 1. The predicted octanol–water partition coefficient (Wildman–Crippen LogP) is 2.00. The highest BCUT2D eigenvalue weighted by atomic mass is 16.5. The first-order valence-electron chi connectivity index (χ1n) is 8.21. The lowest BCUT2D eigenvalue weighted by molar-refractivity contribution is -0.129. The van der Waals surface area contributed by atoms with Crippen LogP contribution in [0.1, 0.15) is 23.3 Å². The number of nitrogens with zero attached hydrogens (tertiary/aromatic N) is 1. The Morgan fingerprint density at radius 2 is 1.72 bits per heavy atom. The molecule has 2 atom stereocenters. The number of carbonyl (C=O) groups is 2. The topological polar surface area (TPSA) is 84.7 Å². The van der Waals surface area contributed by atoms with Gasteiger partial charge in [0.1, 0.15) is 6.04 Å². The second-order valence-corrected chi connectivity index (χ2v) is 5.93. The maximum Gasteiger partial charge on any atom is 0.318 e. The third-order valence-corrected chi connectivity index (χ3v) is 4.24. The van der Waals surface area contributed by atoms with Crippen molar-refractivity contribution in [3.63, 3.8) is 0 Å². The highest BCUT2D eigenvalue weighted by Crippen LogP contribution is 2.29. The Bertz CT molecular complexity index is 721. The van der Waals surface area contributed by atoms with E-state index in [0.29, 0.717) is 19.7 Å². The molecule has 1 heterocycles. The molecule has 1 saturated heterocycles. The Labute approximate surface area is 146 Å². The van der Waals surface area contributed by atoms with Gasteiger partial charge in [0.15, 0.2) is 0 Å². The highest BCUT2D eigenvalue weighted by Gasteiger charge is 2.33. The van der Waals surface area contributed by atoms with Crippen molar-refractivity contribution in [2.45, 2.75) is 12.1 Å². The number of primary amides is 1. The number of hydrogen-bond donors (Lipinski definition) is 2. The van der Waals surface area contributed by atoms with Crippen LogP contribution in [0.15, 0.2) is 60.7 Å². The summed E-state index contributed by atoms with van der Waals surface area (Å²) in [5.41, 5.74) is 7.02. The molecule has 0 spiro atoms. The van der Waals surface area contributed by atoms with E-state index in [0.717, 1.165) is 11.1 Å². The number of hydrogen-bond acceptors (Lipinski definition) is 4. The second kappa shape index (κ2) is 7.92. The van der Waals surface area contributed by atoms with E-state index in [-0.39, 0.29) is 6.10 Å². The minimum atomic E-state index is -0.848. The van der Waals surface area contributed by atoms with Gasteiger partial charge in [0, 0.05) is 13.1 Å². The lowest BCUT2D eigenvalue weighted by Crippen LogP contribution is -2.48. The van der Waals surface area contributed by atoms with Gasteiger partial charge in [-0.3, -0.25) is 15.0 Å². The van der Waals surface area contributed by atoms with E-state index in [4.69, 9.17) is 10.5 Å². The molecule has 0 saturated carbocycles. The van der Waals surface area contributed by atoms with Gasteiger partial charge in [0.2, 0.25) is 5.91 Å². The lowest BCUT2D eigenvalue weighted by Gasteiger charge is -2.37. The molecular formula is C19H21N3O3. The number of urea groups is 1. The molecule has 1 fully saturated rings. The molecule has 0 bridgehead atoms. The summed E-state index contributed by atoms with van der Waals surface area (Å²) in [7, 11) is 0. The Morgan fingerprint density at radius 1 is 1.08 bits per heavy atom. The second-order valence-electron chi connectivity index (χ2n) is 5.93. The number of morpholine rings is 1. The highest BCUT2D eigenvalue weighted by molar-refractivity contribution is 5.96. The number of amides is 3. The van der Waals surface area contributed by atoms with Gasteiger partial charge in [-0.1, -0.05) is 60.7 Å². The Kier molecular flexibility index (Phi) is 5.42. The smallest absolute Gasteiger partial charge is 0.318 e. The fraction of sp³-hybridized carbons (Fsp3) is 0.263. The summed E-state index contributed by atoms with van der Waals surface area (Å²) < 4.78 is 5.88. The molecule has 3 amide bonds. The zero-order valence-corrected chi connectivity index (χ0v) is 13.8. The van der Waals surface area contributed by atoms with Gasteiger partial charge in [-0.2, -0.15) is 0 Å². The van der Waals surface area contributed by atoms with Crippen LogP contribution in [0.4, 0.5) is 4.79 Å². The Morgan fingerprint density at radius 3 is 2.36 bits per heavy atom. The van der Waals surface area contributed by atoms with Gasteiger partial charge in [-0.05, 0) is 11.1 Å². The largest absolute Gasteiger partial charge is 0.371 e. The van der Waals surface area contributed by atoms with Crippen LogP contribution in [0.5, 0.6) is 0 Å². The minimum absolute atomic E-state index is 0.123. The van der Waals surface area contributed by atoms with Crippen LogP contribution in [-0.4, -0.2) is 36.5 Å². The first kappa shape index (κ1) is 17.1. The van der Waals surface area contributed by atoms with Crippen LogP contribution in [0.3, 0.4) is 0 Å². The van der Waals surface area contributed by atoms with E-state index in [1.165, 1.54) is 0 Å². The van der Waals surface area contributed by atoms with Gasteiger partial charge >= 0.3 is 6.03 Å². The van der Waals surface area contributed by atoms with Crippen molar-refractivity contribution in [2.75, 3.05) is 19.7 Å². The summed E-state index contributed by atoms with van der Waals surface area (Å²) in [4.78, 5) is 25.8. The fourth-order valence-electron chi connectivity index (χ4n) is 3.13. The molecule has 0 radical (unpaired) electrons. The van der Waals surface area contributed by atoms with Crippen molar-refractivity contribution >= 4 is 11.9 Å². The summed E-state index contributed by atoms with van der Waals surface area (Å²) in [6.07, 6.45) is -0.123. The van der Waals surface area contributed by atoms with Crippen LogP contribution in [0, 0.1) is 0 Å². The SMILES string of the molecule is NC(=O)NC(=O)[C@@H](c1ccccc1)N1CCO[C@@H](c2ccccc2)C1. The molecule has 1 aliphatic rings. The monoisotopic (exact) mass is 339 g/mol. The van der Waals surface area contributed by atoms with Gasteiger partial charge in [0.05, 0.1) is 12.7 Å². The first-order valence-corrected chi connectivity index (χ1v) is 8.21. The van der Waals surface area contributed by atoms with Crippen LogP contribution in [-0.2, 0) is 9.53 Å². The van der Waals surface area contributed by atoms with E-state index in [1.54, 1.807) is 0 Å². The van der Waals surface area contributed by atoms with Crippen LogP contribution in [0.2, 0.25) is 0 Å². The van der Waals surface area contributed by atoms with Crippen LogP contribution >= 0.6 is 0 Å². The Hall–Kier alpha value is -2.70.